The van der Waals surface area contributed by atoms with Gasteiger partial charge in [-0.1, -0.05) is 41.4 Å². The summed E-state index contributed by atoms with van der Waals surface area (Å²) in [5.41, 5.74) is 3.14. The lowest BCUT2D eigenvalue weighted by molar-refractivity contribution is -0.134. The number of halogens is 2. The quantitative estimate of drug-likeness (QED) is 0.510. The van der Waals surface area contributed by atoms with Crippen molar-refractivity contribution in [2.75, 3.05) is 40.0 Å². The van der Waals surface area contributed by atoms with Gasteiger partial charge in [-0.05, 0) is 51.0 Å². The minimum Gasteiger partial charge on any atom is -0.478 e. The Morgan fingerprint density at radius 3 is 2.35 bits per heavy atom. The Morgan fingerprint density at radius 2 is 1.76 bits per heavy atom. The second-order valence-electron chi connectivity index (χ2n) is 7.71. The van der Waals surface area contributed by atoms with Crippen LogP contribution in [0.4, 0.5) is 5.69 Å². The Balaban J connectivity index is 0.000000440. The minimum absolute atomic E-state index is 0.0214. The summed E-state index contributed by atoms with van der Waals surface area (Å²) in [5, 5.41) is 18.2. The predicted octanol–water partition coefficient (Wildman–Crippen LogP) is 5.06. The van der Waals surface area contributed by atoms with E-state index in [0.29, 0.717) is 17.2 Å². The van der Waals surface area contributed by atoms with Gasteiger partial charge in [0.25, 0.3) is 0 Å². The lowest BCUT2D eigenvalue weighted by Gasteiger charge is -2.28. The van der Waals surface area contributed by atoms with Crippen molar-refractivity contribution in [1.82, 2.24) is 9.80 Å². The Morgan fingerprint density at radius 1 is 1.12 bits per heavy atom. The third-order valence-corrected chi connectivity index (χ3v) is 6.25. The van der Waals surface area contributed by atoms with E-state index in [1.165, 1.54) is 0 Å². The summed E-state index contributed by atoms with van der Waals surface area (Å²) in [6.45, 7) is 1.80. The number of fused-ring (bicyclic) bond motifs is 1. The molecule has 0 amide bonds. The van der Waals surface area contributed by atoms with Crippen LogP contribution in [0.1, 0.15) is 17.2 Å². The zero-order valence-corrected chi connectivity index (χ0v) is 21.4. The topological polar surface area (TPSA) is 93.4 Å². The Hall–Kier alpha value is -2.36. The van der Waals surface area contributed by atoms with Gasteiger partial charge >= 0.3 is 11.9 Å². The highest BCUT2D eigenvalue weighted by Crippen LogP contribution is 2.40. The van der Waals surface area contributed by atoms with Gasteiger partial charge in [-0.15, -0.1) is 11.8 Å². The normalized spacial score (nSPS) is 15.8. The highest BCUT2D eigenvalue weighted by molar-refractivity contribution is 8.14. The number of rotatable bonds is 6. The molecule has 1 unspecified atom stereocenters. The molecule has 1 heterocycles. The largest absolute Gasteiger partial charge is 0.478 e. The van der Waals surface area contributed by atoms with Crippen LogP contribution in [0.25, 0.3) is 0 Å². The maximum Gasteiger partial charge on any atom is 0.328 e. The number of hydrogen-bond acceptors (Lipinski definition) is 6. The summed E-state index contributed by atoms with van der Waals surface area (Å²) in [6.07, 6.45) is 1.12. The minimum atomic E-state index is -1.26. The molecule has 0 aromatic heterocycles. The number of benzene rings is 2. The summed E-state index contributed by atoms with van der Waals surface area (Å²) >= 11 is 14.7. The highest BCUT2D eigenvalue weighted by Gasteiger charge is 2.28. The summed E-state index contributed by atoms with van der Waals surface area (Å²) in [7, 11) is 6.30. The molecule has 0 aliphatic carbocycles. The SMILES string of the molecule is CN(C)CCSC1=Nc2ccc(Cl)cc2C(c2ccccc2Cl)N(C)C1.O=C(O)/C=C/C(=O)O. The summed E-state index contributed by atoms with van der Waals surface area (Å²) in [5.74, 6) is -1.50. The van der Waals surface area contributed by atoms with Crippen LogP contribution >= 0.6 is 35.0 Å². The first kappa shape index (κ1) is 27.9. The molecular weight excluding hydrogens is 497 g/mol. The standard InChI is InChI=1S/C20H23Cl2N3S.C4H4O4/c1-24(2)10-11-26-19-13-25(3)20(15-6-4-5-7-17(15)22)16-12-14(21)8-9-18(16)23-19;5-3(6)1-2-4(7)8/h4-9,12,20H,10-11,13H2,1-3H3;1-2H,(H,5,6)(H,7,8)/b;2-1+. The van der Waals surface area contributed by atoms with Gasteiger partial charge in [-0.3, -0.25) is 4.90 Å². The lowest BCUT2D eigenvalue weighted by Crippen LogP contribution is -2.29. The first-order chi connectivity index (χ1) is 16.1. The van der Waals surface area contributed by atoms with Gasteiger partial charge in [0.05, 0.1) is 16.8 Å². The molecule has 34 heavy (non-hydrogen) atoms. The van der Waals surface area contributed by atoms with Gasteiger partial charge in [0.15, 0.2) is 0 Å². The van der Waals surface area contributed by atoms with E-state index in [-0.39, 0.29) is 6.04 Å². The molecule has 0 spiro atoms. The molecule has 3 rings (SSSR count). The molecule has 0 saturated heterocycles. The lowest BCUT2D eigenvalue weighted by atomic mass is 9.96. The molecule has 0 bridgehead atoms. The van der Waals surface area contributed by atoms with E-state index < -0.39 is 11.9 Å². The van der Waals surface area contributed by atoms with Crippen LogP contribution in [0.5, 0.6) is 0 Å². The van der Waals surface area contributed by atoms with E-state index in [9.17, 15) is 9.59 Å². The number of hydrogen-bond donors (Lipinski definition) is 2. The molecule has 182 valence electrons. The summed E-state index contributed by atoms with van der Waals surface area (Å²) in [4.78, 5) is 28.5. The maximum absolute atomic E-state index is 9.55. The first-order valence-electron chi connectivity index (χ1n) is 10.3. The number of thioether (sulfide) groups is 1. The van der Waals surface area contributed by atoms with Gasteiger partial charge in [0, 0.05) is 46.6 Å². The van der Waals surface area contributed by atoms with Crippen LogP contribution in [0.15, 0.2) is 59.6 Å². The molecule has 10 heteroatoms. The van der Waals surface area contributed by atoms with E-state index in [0.717, 1.165) is 45.7 Å². The molecule has 2 N–H and O–H groups in total. The van der Waals surface area contributed by atoms with Crippen molar-refractivity contribution in [3.05, 3.63) is 75.8 Å². The van der Waals surface area contributed by atoms with Crippen molar-refractivity contribution in [3.63, 3.8) is 0 Å². The van der Waals surface area contributed by atoms with Crippen molar-refractivity contribution in [1.29, 1.82) is 0 Å². The molecule has 1 aliphatic rings. The van der Waals surface area contributed by atoms with Crippen molar-refractivity contribution < 1.29 is 19.8 Å². The number of nitrogens with zero attached hydrogens (tertiary/aromatic N) is 3. The molecule has 2 aromatic carbocycles. The zero-order valence-electron chi connectivity index (χ0n) is 19.1. The number of carbonyl (C=O) groups is 2. The van der Waals surface area contributed by atoms with Crippen molar-refractivity contribution >= 4 is 57.6 Å². The van der Waals surface area contributed by atoms with Crippen molar-refractivity contribution in [3.8, 4) is 0 Å². The summed E-state index contributed by atoms with van der Waals surface area (Å²) in [6, 6.07) is 13.9. The van der Waals surface area contributed by atoms with Crippen LogP contribution in [-0.4, -0.2) is 77.0 Å². The number of aliphatic imine (C=N–C) groups is 1. The van der Waals surface area contributed by atoms with E-state index in [1.807, 2.05) is 48.2 Å². The third kappa shape index (κ3) is 8.77. The highest BCUT2D eigenvalue weighted by atomic mass is 35.5. The van der Waals surface area contributed by atoms with Crippen LogP contribution in [0, 0.1) is 0 Å². The van der Waals surface area contributed by atoms with Crippen LogP contribution in [-0.2, 0) is 9.59 Å². The van der Waals surface area contributed by atoms with E-state index in [1.54, 1.807) is 0 Å². The maximum atomic E-state index is 9.55. The molecule has 0 saturated carbocycles. The van der Waals surface area contributed by atoms with E-state index in [2.05, 4.69) is 37.0 Å². The van der Waals surface area contributed by atoms with Crippen molar-refractivity contribution in [2.45, 2.75) is 6.04 Å². The monoisotopic (exact) mass is 523 g/mol. The van der Waals surface area contributed by atoms with Gasteiger partial charge in [0.1, 0.15) is 0 Å². The number of carboxylic acid groups (broad SMARTS) is 2. The molecule has 0 radical (unpaired) electrons. The van der Waals surface area contributed by atoms with Crippen LogP contribution in [0.3, 0.4) is 0 Å². The number of aliphatic carboxylic acids is 2. The Labute approximate surface area is 213 Å². The predicted molar refractivity (Wildman–Crippen MR) is 140 cm³/mol. The van der Waals surface area contributed by atoms with Gasteiger partial charge in [-0.25, -0.2) is 14.6 Å². The Bertz CT molecular complexity index is 1060. The van der Waals surface area contributed by atoms with Crippen LogP contribution < -0.4 is 0 Å². The average molecular weight is 524 g/mol. The summed E-state index contributed by atoms with van der Waals surface area (Å²) < 4.78 is 0. The third-order valence-electron chi connectivity index (χ3n) is 4.73. The fourth-order valence-electron chi connectivity index (χ4n) is 3.23. The molecule has 1 atom stereocenters. The molecule has 0 fully saturated rings. The van der Waals surface area contributed by atoms with Crippen molar-refractivity contribution in [2.24, 2.45) is 4.99 Å². The molecular formula is C24H27Cl2N3O4S. The van der Waals surface area contributed by atoms with Gasteiger partial charge in [0.2, 0.25) is 0 Å². The van der Waals surface area contributed by atoms with E-state index in [4.69, 9.17) is 38.4 Å². The molecule has 1 aliphatic heterocycles. The van der Waals surface area contributed by atoms with Crippen LogP contribution in [0.2, 0.25) is 10.0 Å². The fraction of sp³-hybridized carbons (Fsp3) is 0.292. The van der Waals surface area contributed by atoms with E-state index >= 15 is 0 Å². The van der Waals surface area contributed by atoms with Gasteiger partial charge < -0.3 is 15.1 Å². The first-order valence-corrected chi connectivity index (χ1v) is 12.1. The average Bonchev–Trinajstić information content (AvgIpc) is 2.88. The second kappa shape index (κ2) is 13.5. The zero-order chi connectivity index (χ0) is 25.3. The Kier molecular flexibility index (Phi) is 11.1. The number of carboxylic acids is 2. The molecule has 7 nitrogen and oxygen atoms in total. The molecule has 2 aromatic rings. The fourth-order valence-corrected chi connectivity index (χ4v) is 4.80. The van der Waals surface area contributed by atoms with Gasteiger partial charge in [-0.2, -0.15) is 0 Å². The second-order valence-corrected chi connectivity index (χ2v) is 9.72. The smallest absolute Gasteiger partial charge is 0.328 e.